The van der Waals surface area contributed by atoms with Gasteiger partial charge in [0.2, 0.25) is 0 Å². The number of nitrogens with one attached hydrogen (secondary N) is 1. The second-order valence-electron chi connectivity index (χ2n) is 7.38. The van der Waals surface area contributed by atoms with Gasteiger partial charge in [-0.3, -0.25) is 9.98 Å². The third kappa shape index (κ3) is 4.55. The summed E-state index contributed by atoms with van der Waals surface area (Å²) < 4.78 is 34.7. The van der Waals surface area contributed by atoms with E-state index in [0.29, 0.717) is 11.5 Å². The first kappa shape index (κ1) is 21.5. The maximum Gasteiger partial charge on any atom is 0.331 e. The summed E-state index contributed by atoms with van der Waals surface area (Å²) in [6, 6.07) is 8.43. The molecule has 11 nitrogen and oxygen atoms in total. The van der Waals surface area contributed by atoms with Crippen molar-refractivity contribution in [3.63, 3.8) is 0 Å². The summed E-state index contributed by atoms with van der Waals surface area (Å²) in [7, 11) is 0. The largest absolute Gasteiger partial charge is 0.465 e. The molecule has 0 spiro atoms. The summed E-state index contributed by atoms with van der Waals surface area (Å²) in [6.45, 7) is -0.183. The van der Waals surface area contributed by atoms with E-state index in [1.165, 1.54) is 42.9 Å². The van der Waals surface area contributed by atoms with Gasteiger partial charge in [-0.15, -0.1) is 0 Å². The lowest BCUT2D eigenvalue weighted by Crippen LogP contribution is -2.39. The molecule has 4 atom stereocenters. The molecule has 0 bridgehead atoms. The summed E-state index contributed by atoms with van der Waals surface area (Å²) >= 11 is 0. The van der Waals surface area contributed by atoms with E-state index in [2.05, 4.69) is 4.98 Å². The highest BCUT2D eigenvalue weighted by atomic mass is 16.7. The third-order valence-electron chi connectivity index (χ3n) is 5.13. The zero-order chi connectivity index (χ0) is 23.5. The maximum absolute atomic E-state index is 12.5. The van der Waals surface area contributed by atoms with Crippen LogP contribution in [-0.4, -0.2) is 46.4 Å². The van der Waals surface area contributed by atoms with Crippen LogP contribution >= 0.6 is 0 Å². The maximum atomic E-state index is 12.5. The number of esters is 2. The Bertz CT molecular complexity index is 1280. The van der Waals surface area contributed by atoms with E-state index in [-0.39, 0.29) is 18.1 Å². The number of carbonyl (C=O) groups is 2. The normalized spacial score (nSPS) is 23.1. The second-order valence-corrected chi connectivity index (χ2v) is 7.38. The Balaban J connectivity index is 1.29. The van der Waals surface area contributed by atoms with E-state index in [1.54, 1.807) is 35.0 Å². The Morgan fingerprint density at radius 3 is 2.44 bits per heavy atom. The molecule has 5 heterocycles. The summed E-state index contributed by atoms with van der Waals surface area (Å²) in [6.07, 6.45) is 6.85. The first-order valence-corrected chi connectivity index (χ1v) is 10.3. The molecule has 5 rings (SSSR count). The number of rotatable bonds is 7. The van der Waals surface area contributed by atoms with E-state index in [0.717, 1.165) is 0 Å². The average Bonchev–Trinajstić information content (AvgIpc) is 3.61. The van der Waals surface area contributed by atoms with Gasteiger partial charge in [-0.05, 0) is 42.5 Å². The highest BCUT2D eigenvalue weighted by Crippen LogP contribution is 2.40. The Morgan fingerprint density at radius 2 is 1.76 bits per heavy atom. The van der Waals surface area contributed by atoms with E-state index < -0.39 is 36.5 Å². The Labute approximate surface area is 192 Å². The molecular weight excluding hydrogens is 446 g/mol. The Kier molecular flexibility index (Phi) is 5.83. The molecule has 1 N–H and O–H groups in total. The lowest BCUT2D eigenvalue weighted by molar-refractivity contribution is -0.154. The van der Waals surface area contributed by atoms with Crippen molar-refractivity contribution < 1.29 is 37.4 Å². The molecule has 0 aliphatic carbocycles. The van der Waals surface area contributed by atoms with Crippen molar-refractivity contribution in [2.75, 3.05) is 6.61 Å². The van der Waals surface area contributed by atoms with Gasteiger partial charge < -0.3 is 27.8 Å². The number of nitrogens with zero attached hydrogens (tertiary/aromatic N) is 2. The third-order valence-corrected chi connectivity index (χ3v) is 5.13. The molecule has 11 heteroatoms. The molecular formula is C23H19N3O8. The predicted molar refractivity (Wildman–Crippen MR) is 113 cm³/mol. The summed E-state index contributed by atoms with van der Waals surface area (Å²) in [5.74, 6) is -0.285. The van der Waals surface area contributed by atoms with Crippen LogP contribution in [0, 0.1) is 5.41 Å². The van der Waals surface area contributed by atoms with Gasteiger partial charge in [0.25, 0.3) is 0 Å². The van der Waals surface area contributed by atoms with Gasteiger partial charge in [-0.1, -0.05) is 0 Å². The van der Waals surface area contributed by atoms with Crippen molar-refractivity contribution in [1.82, 2.24) is 9.55 Å². The van der Waals surface area contributed by atoms with Crippen LogP contribution < -0.4 is 10.2 Å². The highest BCUT2D eigenvalue weighted by Gasteiger charge is 2.54. The quantitative estimate of drug-likeness (QED) is 0.410. The SMILES string of the molecule is N=c1ccn2c(n1)O[C@@H]1[C@H](OC(=O)/C=C/c3ccco3)[C@@H](COC(=O)/C=C/c3ccco3)O[C@H]12. The topological polar surface area (TPSA) is 139 Å². The van der Waals surface area contributed by atoms with E-state index in [1.807, 2.05) is 0 Å². The number of hydrogen-bond acceptors (Lipinski definition) is 10. The van der Waals surface area contributed by atoms with Crippen LogP contribution in [0.1, 0.15) is 17.7 Å². The fraction of sp³-hybridized carbons (Fsp3) is 0.217. The smallest absolute Gasteiger partial charge is 0.331 e. The minimum atomic E-state index is -0.906. The molecule has 0 aromatic carbocycles. The van der Waals surface area contributed by atoms with Crippen LogP contribution in [0.4, 0.5) is 0 Å². The molecule has 2 aliphatic heterocycles. The van der Waals surface area contributed by atoms with Crippen molar-refractivity contribution in [3.8, 4) is 6.01 Å². The van der Waals surface area contributed by atoms with E-state index in [4.69, 9.17) is 33.2 Å². The fourth-order valence-electron chi connectivity index (χ4n) is 3.61. The minimum absolute atomic E-state index is 0.0231. The predicted octanol–water partition coefficient (Wildman–Crippen LogP) is 2.09. The van der Waals surface area contributed by atoms with Crippen molar-refractivity contribution >= 4 is 24.1 Å². The molecule has 0 saturated carbocycles. The summed E-state index contributed by atoms with van der Waals surface area (Å²) in [4.78, 5) is 28.6. The lowest BCUT2D eigenvalue weighted by Gasteiger charge is -2.21. The van der Waals surface area contributed by atoms with Gasteiger partial charge in [0, 0.05) is 18.3 Å². The molecule has 1 fully saturated rings. The van der Waals surface area contributed by atoms with Crippen LogP contribution in [0.25, 0.3) is 12.2 Å². The van der Waals surface area contributed by atoms with Crippen molar-refractivity contribution in [1.29, 1.82) is 5.41 Å². The first-order chi connectivity index (χ1) is 16.6. The van der Waals surface area contributed by atoms with Crippen molar-refractivity contribution in [3.05, 3.63) is 78.2 Å². The molecule has 3 aromatic rings. The van der Waals surface area contributed by atoms with Crippen LogP contribution in [-0.2, 0) is 23.8 Å². The number of furan rings is 2. The van der Waals surface area contributed by atoms with Crippen LogP contribution in [0.2, 0.25) is 0 Å². The van der Waals surface area contributed by atoms with Gasteiger partial charge in [-0.2, -0.15) is 4.98 Å². The number of hydrogen-bond donors (Lipinski definition) is 1. The molecule has 2 aliphatic rings. The number of fused-ring (bicyclic) bond motifs is 3. The Hall–Kier alpha value is -4.38. The zero-order valence-corrected chi connectivity index (χ0v) is 17.6. The zero-order valence-electron chi connectivity index (χ0n) is 17.6. The van der Waals surface area contributed by atoms with Crippen LogP contribution in [0.15, 0.2) is 70.0 Å². The van der Waals surface area contributed by atoms with Crippen molar-refractivity contribution in [2.45, 2.75) is 24.5 Å². The summed E-state index contributed by atoms with van der Waals surface area (Å²) in [5.41, 5.74) is 0.0231. The molecule has 174 valence electrons. The first-order valence-electron chi connectivity index (χ1n) is 10.3. The van der Waals surface area contributed by atoms with Gasteiger partial charge in [-0.25, -0.2) is 9.59 Å². The minimum Gasteiger partial charge on any atom is -0.465 e. The fourth-order valence-corrected chi connectivity index (χ4v) is 3.61. The monoisotopic (exact) mass is 465 g/mol. The van der Waals surface area contributed by atoms with Gasteiger partial charge in [0.05, 0.1) is 12.5 Å². The molecule has 3 aromatic heterocycles. The summed E-state index contributed by atoms with van der Waals surface area (Å²) in [5, 5.41) is 7.68. The molecule has 34 heavy (non-hydrogen) atoms. The number of ether oxygens (including phenoxy) is 4. The van der Waals surface area contributed by atoms with Gasteiger partial charge >= 0.3 is 17.9 Å². The second kappa shape index (κ2) is 9.24. The molecule has 1 saturated heterocycles. The van der Waals surface area contributed by atoms with E-state index in [9.17, 15) is 9.59 Å². The van der Waals surface area contributed by atoms with Gasteiger partial charge in [0.1, 0.15) is 24.2 Å². The lowest BCUT2D eigenvalue weighted by atomic mass is 10.1. The standard InChI is InChI=1S/C23H19N3O8/c24-17-9-10-26-22-21(34-23(26)25-17)20(33-19(28)8-6-15-4-2-12-30-15)16(32-22)13-31-18(27)7-5-14-3-1-11-29-14/h1-12,16,20-22,24H,13H2/b7-5+,8-6+,24-17?/t16-,20-,21-,22-/m1/s1. The van der Waals surface area contributed by atoms with Crippen LogP contribution in [0.3, 0.4) is 0 Å². The van der Waals surface area contributed by atoms with Crippen molar-refractivity contribution in [2.24, 2.45) is 0 Å². The average molecular weight is 465 g/mol. The van der Waals surface area contributed by atoms with E-state index >= 15 is 0 Å². The number of carbonyl (C=O) groups excluding carboxylic acids is 2. The number of aromatic nitrogens is 2. The highest BCUT2D eigenvalue weighted by molar-refractivity contribution is 5.87. The molecule has 0 unspecified atom stereocenters. The van der Waals surface area contributed by atoms with Crippen LogP contribution in [0.5, 0.6) is 6.01 Å². The Morgan fingerprint density at radius 1 is 1.06 bits per heavy atom. The molecule has 0 radical (unpaired) electrons. The molecule has 0 amide bonds. The van der Waals surface area contributed by atoms with Gasteiger partial charge in [0.15, 0.2) is 23.9 Å².